The fourth-order valence-corrected chi connectivity index (χ4v) is 4.39. The van der Waals surface area contributed by atoms with Crippen molar-refractivity contribution in [1.29, 1.82) is 0 Å². The predicted molar refractivity (Wildman–Crippen MR) is 122 cm³/mol. The molecule has 4 aromatic rings. The molecule has 1 aliphatic rings. The van der Waals surface area contributed by atoms with Crippen molar-refractivity contribution in [3.63, 3.8) is 0 Å². The molecule has 0 saturated carbocycles. The van der Waals surface area contributed by atoms with E-state index in [-0.39, 0.29) is 5.92 Å². The van der Waals surface area contributed by atoms with Gasteiger partial charge < -0.3 is 14.2 Å². The number of carbonyl (C=O) groups is 1. The van der Waals surface area contributed by atoms with Crippen LogP contribution in [-0.2, 0) is 11.3 Å². The van der Waals surface area contributed by atoms with Gasteiger partial charge in [0.05, 0.1) is 5.92 Å². The molecule has 5 rings (SSSR count). The van der Waals surface area contributed by atoms with E-state index in [9.17, 15) is 4.79 Å². The highest BCUT2D eigenvalue weighted by Crippen LogP contribution is 2.29. The van der Waals surface area contributed by atoms with E-state index < -0.39 is 5.97 Å². The summed E-state index contributed by atoms with van der Waals surface area (Å²) in [6.45, 7) is 8.33. The standard InChI is InChI=1S/C25H26N4O3/c1-15(2)29-9-8-18-11-19(5-7-22(18)29)24-26-23(27-32-24)21-6-4-17(10-16(21)3)12-28-13-20(14-28)25(30)31/h4-11,15,20H,12-14H2,1-3H3,(H,30,31). The van der Waals surface area contributed by atoms with Gasteiger partial charge in [0.2, 0.25) is 5.82 Å². The van der Waals surface area contributed by atoms with Crippen LogP contribution in [0.1, 0.15) is 31.0 Å². The summed E-state index contributed by atoms with van der Waals surface area (Å²) in [7, 11) is 0. The van der Waals surface area contributed by atoms with E-state index in [4.69, 9.17) is 9.63 Å². The topological polar surface area (TPSA) is 84.4 Å². The average molecular weight is 431 g/mol. The molecule has 1 saturated heterocycles. The summed E-state index contributed by atoms with van der Waals surface area (Å²) in [5.74, 6) is 0.121. The van der Waals surface area contributed by atoms with E-state index in [1.807, 2.05) is 25.1 Å². The van der Waals surface area contributed by atoms with Crippen molar-refractivity contribution in [2.45, 2.75) is 33.4 Å². The van der Waals surface area contributed by atoms with E-state index in [1.165, 1.54) is 5.52 Å². The molecular weight excluding hydrogens is 404 g/mol. The Bertz CT molecular complexity index is 1300. The number of benzene rings is 2. The van der Waals surface area contributed by atoms with E-state index >= 15 is 0 Å². The Balaban J connectivity index is 1.34. The predicted octanol–water partition coefficient (Wildman–Crippen LogP) is 4.76. The number of carboxylic acid groups (broad SMARTS) is 1. The summed E-state index contributed by atoms with van der Waals surface area (Å²) in [4.78, 5) is 17.8. The van der Waals surface area contributed by atoms with Crippen LogP contribution in [0.25, 0.3) is 33.7 Å². The SMILES string of the molecule is Cc1cc(CN2CC(C(=O)O)C2)ccc1-c1noc(-c2ccc3c(ccn3C(C)C)c2)n1. The number of carboxylic acids is 1. The Kier molecular flexibility index (Phi) is 5.06. The first kappa shape index (κ1) is 20.5. The Morgan fingerprint density at radius 2 is 2.00 bits per heavy atom. The first-order valence-electron chi connectivity index (χ1n) is 10.9. The second-order valence-corrected chi connectivity index (χ2v) is 8.89. The molecule has 0 radical (unpaired) electrons. The molecule has 0 spiro atoms. The number of aliphatic carboxylic acids is 1. The zero-order valence-electron chi connectivity index (χ0n) is 18.4. The normalized spacial score (nSPS) is 14.9. The molecule has 2 aromatic carbocycles. The lowest BCUT2D eigenvalue weighted by Gasteiger charge is -2.36. The van der Waals surface area contributed by atoms with Crippen molar-refractivity contribution in [3.05, 3.63) is 59.8 Å². The van der Waals surface area contributed by atoms with Crippen LogP contribution in [-0.4, -0.2) is 43.8 Å². The number of aryl methyl sites for hydroxylation is 1. The molecule has 2 aromatic heterocycles. The summed E-state index contributed by atoms with van der Waals surface area (Å²) >= 11 is 0. The van der Waals surface area contributed by atoms with Crippen molar-refractivity contribution >= 4 is 16.9 Å². The second-order valence-electron chi connectivity index (χ2n) is 8.89. The number of fused-ring (bicyclic) bond motifs is 1. The van der Waals surface area contributed by atoms with Crippen LogP contribution in [0.5, 0.6) is 0 Å². The van der Waals surface area contributed by atoms with Crippen molar-refractivity contribution in [3.8, 4) is 22.8 Å². The fourth-order valence-electron chi connectivity index (χ4n) is 4.39. The van der Waals surface area contributed by atoms with E-state index in [1.54, 1.807) is 0 Å². The lowest BCUT2D eigenvalue weighted by Crippen LogP contribution is -2.49. The molecule has 32 heavy (non-hydrogen) atoms. The Morgan fingerprint density at radius 1 is 1.19 bits per heavy atom. The van der Waals surface area contributed by atoms with Crippen LogP contribution in [0.4, 0.5) is 0 Å². The van der Waals surface area contributed by atoms with Gasteiger partial charge >= 0.3 is 5.97 Å². The average Bonchev–Trinajstić information content (AvgIpc) is 3.37. The number of hydrogen-bond acceptors (Lipinski definition) is 5. The molecule has 7 heteroatoms. The van der Waals surface area contributed by atoms with Gasteiger partial charge in [-0.05, 0) is 56.2 Å². The molecule has 1 fully saturated rings. The van der Waals surface area contributed by atoms with Gasteiger partial charge in [0.15, 0.2) is 0 Å². The largest absolute Gasteiger partial charge is 0.481 e. The smallest absolute Gasteiger partial charge is 0.309 e. The Morgan fingerprint density at radius 3 is 2.72 bits per heavy atom. The zero-order chi connectivity index (χ0) is 22.4. The fraction of sp³-hybridized carbons (Fsp3) is 0.320. The highest BCUT2D eigenvalue weighted by molar-refractivity contribution is 5.84. The molecule has 0 unspecified atom stereocenters. The lowest BCUT2D eigenvalue weighted by atomic mass is 9.98. The second kappa shape index (κ2) is 7.91. The molecule has 3 heterocycles. The van der Waals surface area contributed by atoms with Crippen molar-refractivity contribution in [2.75, 3.05) is 13.1 Å². The number of likely N-dealkylation sites (tertiary alicyclic amines) is 1. The van der Waals surface area contributed by atoms with E-state index in [0.717, 1.165) is 34.2 Å². The highest BCUT2D eigenvalue weighted by Gasteiger charge is 2.32. The minimum Gasteiger partial charge on any atom is -0.481 e. The van der Waals surface area contributed by atoms with Gasteiger partial charge in [-0.1, -0.05) is 23.4 Å². The zero-order valence-corrected chi connectivity index (χ0v) is 18.4. The van der Waals surface area contributed by atoms with Gasteiger partial charge in [-0.25, -0.2) is 0 Å². The quantitative estimate of drug-likeness (QED) is 0.475. The van der Waals surface area contributed by atoms with Crippen molar-refractivity contribution in [2.24, 2.45) is 5.92 Å². The summed E-state index contributed by atoms with van der Waals surface area (Å²) in [5, 5.41) is 14.4. The molecular formula is C25H26N4O3. The Labute approximate surface area is 186 Å². The maximum absolute atomic E-state index is 11.0. The number of aromatic nitrogens is 3. The third-order valence-electron chi connectivity index (χ3n) is 6.19. The van der Waals surface area contributed by atoms with Gasteiger partial charge in [0, 0.05) is 53.9 Å². The van der Waals surface area contributed by atoms with Crippen LogP contribution in [0.15, 0.2) is 53.2 Å². The third kappa shape index (κ3) is 3.69. The van der Waals surface area contributed by atoms with Crippen molar-refractivity contribution in [1.82, 2.24) is 19.6 Å². The van der Waals surface area contributed by atoms with Crippen LogP contribution < -0.4 is 0 Å². The Hall–Kier alpha value is -3.45. The molecule has 1 aliphatic heterocycles. The maximum Gasteiger partial charge on any atom is 0.309 e. The number of hydrogen-bond donors (Lipinski definition) is 1. The monoisotopic (exact) mass is 430 g/mol. The molecule has 0 atom stereocenters. The van der Waals surface area contributed by atoms with E-state index in [0.29, 0.717) is 30.8 Å². The molecule has 0 aliphatic carbocycles. The van der Waals surface area contributed by atoms with Gasteiger partial charge in [-0.2, -0.15) is 4.98 Å². The minimum atomic E-state index is -0.711. The van der Waals surface area contributed by atoms with Crippen molar-refractivity contribution < 1.29 is 14.4 Å². The summed E-state index contributed by atoms with van der Waals surface area (Å²) < 4.78 is 7.83. The maximum atomic E-state index is 11.0. The first-order valence-corrected chi connectivity index (χ1v) is 10.9. The lowest BCUT2D eigenvalue weighted by molar-refractivity contribution is -0.147. The molecule has 7 nitrogen and oxygen atoms in total. The van der Waals surface area contributed by atoms with E-state index in [2.05, 4.69) is 63.9 Å². The van der Waals surface area contributed by atoms with Gasteiger partial charge in [-0.3, -0.25) is 9.69 Å². The van der Waals surface area contributed by atoms with Gasteiger partial charge in [0.1, 0.15) is 0 Å². The molecule has 0 bridgehead atoms. The molecule has 164 valence electrons. The molecule has 0 amide bonds. The summed E-state index contributed by atoms with van der Waals surface area (Å²) in [5.41, 5.74) is 5.24. The summed E-state index contributed by atoms with van der Waals surface area (Å²) in [6.07, 6.45) is 2.10. The number of nitrogens with zero attached hydrogens (tertiary/aromatic N) is 4. The highest BCUT2D eigenvalue weighted by atomic mass is 16.5. The van der Waals surface area contributed by atoms with Crippen LogP contribution in [0, 0.1) is 12.8 Å². The number of rotatable bonds is 6. The molecule has 1 N–H and O–H groups in total. The minimum absolute atomic E-state index is 0.240. The van der Waals surface area contributed by atoms with Crippen LogP contribution >= 0.6 is 0 Å². The van der Waals surface area contributed by atoms with Crippen LogP contribution in [0.2, 0.25) is 0 Å². The third-order valence-corrected chi connectivity index (χ3v) is 6.19. The van der Waals surface area contributed by atoms with Crippen LogP contribution in [0.3, 0.4) is 0 Å². The van der Waals surface area contributed by atoms with Gasteiger partial charge in [0.25, 0.3) is 5.89 Å². The van der Waals surface area contributed by atoms with Gasteiger partial charge in [-0.15, -0.1) is 0 Å². The first-order chi connectivity index (χ1) is 15.4. The summed E-state index contributed by atoms with van der Waals surface area (Å²) in [6, 6.07) is 14.9.